The third-order valence-corrected chi connectivity index (χ3v) is 2.79. The lowest BCUT2D eigenvalue weighted by Gasteiger charge is -2.11. The molecule has 0 aliphatic rings. The third kappa shape index (κ3) is 4.19. The van der Waals surface area contributed by atoms with Crippen LogP contribution in [0.2, 0.25) is 0 Å². The second-order valence-electron chi connectivity index (χ2n) is 3.34. The summed E-state index contributed by atoms with van der Waals surface area (Å²) >= 11 is 0. The Hall–Kier alpha value is -2.09. The molecule has 1 aromatic rings. The van der Waals surface area contributed by atoms with Crippen molar-refractivity contribution in [2.24, 2.45) is 5.14 Å². The zero-order valence-corrected chi connectivity index (χ0v) is 10.3. The summed E-state index contributed by atoms with van der Waals surface area (Å²) in [5.74, 6) is -3.34. The Morgan fingerprint density at radius 2 is 1.90 bits per heavy atom. The van der Waals surface area contributed by atoms with E-state index in [1.54, 1.807) is 0 Å². The van der Waals surface area contributed by atoms with Gasteiger partial charge in [-0.2, -0.15) is 0 Å². The highest BCUT2D eigenvalue weighted by Gasteiger charge is 2.39. The van der Waals surface area contributed by atoms with Crippen molar-refractivity contribution in [1.82, 2.24) is 4.98 Å². The SMILES string of the molecule is NS(=O)(=O)c1cc(OC(F)(F)F)c(C(F)F)nc1[N+](=O)[O-]. The number of alkyl halides is 5. The average molecular weight is 337 g/mol. The van der Waals surface area contributed by atoms with Crippen LogP contribution in [-0.4, -0.2) is 24.7 Å². The summed E-state index contributed by atoms with van der Waals surface area (Å²) in [6, 6.07) is -0.130. The van der Waals surface area contributed by atoms with Crippen LogP contribution in [0.25, 0.3) is 0 Å². The van der Waals surface area contributed by atoms with Crippen molar-refractivity contribution in [3.63, 3.8) is 0 Å². The van der Waals surface area contributed by atoms with Crippen LogP contribution < -0.4 is 9.88 Å². The normalized spacial score (nSPS) is 12.5. The Labute approximate surface area is 112 Å². The maximum absolute atomic E-state index is 12.6. The van der Waals surface area contributed by atoms with E-state index in [-0.39, 0.29) is 6.07 Å². The molecule has 0 bridgehead atoms. The van der Waals surface area contributed by atoms with Crippen molar-refractivity contribution in [2.75, 3.05) is 0 Å². The molecule has 0 unspecified atom stereocenters. The van der Waals surface area contributed by atoms with Gasteiger partial charge in [-0.3, -0.25) is 0 Å². The van der Waals surface area contributed by atoms with Gasteiger partial charge >= 0.3 is 18.6 Å². The Morgan fingerprint density at radius 1 is 1.38 bits per heavy atom. The van der Waals surface area contributed by atoms with Crippen LogP contribution in [0.1, 0.15) is 12.1 Å². The zero-order chi connectivity index (χ0) is 16.6. The van der Waals surface area contributed by atoms with Crippen LogP contribution in [0.15, 0.2) is 11.0 Å². The molecule has 0 aliphatic carbocycles. The number of aromatic nitrogens is 1. The molecule has 118 valence electrons. The predicted octanol–water partition coefficient (Wildman–Crippen LogP) is 1.47. The van der Waals surface area contributed by atoms with E-state index >= 15 is 0 Å². The number of hydrogen-bond acceptors (Lipinski definition) is 6. The number of halogens is 5. The number of nitro groups is 1. The van der Waals surface area contributed by atoms with E-state index in [2.05, 4.69) is 14.9 Å². The first-order chi connectivity index (χ1) is 9.33. The predicted molar refractivity (Wildman–Crippen MR) is 53.9 cm³/mol. The summed E-state index contributed by atoms with van der Waals surface area (Å²) < 4.78 is 86.6. The Balaban J connectivity index is 3.68. The minimum absolute atomic E-state index is 0.130. The first kappa shape index (κ1) is 17.0. The number of hydrogen-bond donors (Lipinski definition) is 1. The lowest BCUT2D eigenvalue weighted by atomic mass is 10.3. The summed E-state index contributed by atoms with van der Waals surface area (Å²) in [4.78, 5) is 10.2. The number of rotatable bonds is 4. The average Bonchev–Trinajstić information content (AvgIpc) is 2.24. The minimum atomic E-state index is -5.45. The smallest absolute Gasteiger partial charge is 0.401 e. The molecule has 0 spiro atoms. The van der Waals surface area contributed by atoms with E-state index in [0.29, 0.717) is 0 Å². The second kappa shape index (κ2) is 5.36. The van der Waals surface area contributed by atoms with Crippen LogP contribution in [-0.2, 0) is 10.0 Å². The van der Waals surface area contributed by atoms with Gasteiger partial charge in [0.25, 0.3) is 5.69 Å². The second-order valence-corrected chi connectivity index (χ2v) is 4.87. The van der Waals surface area contributed by atoms with Crippen LogP contribution in [0.3, 0.4) is 0 Å². The van der Waals surface area contributed by atoms with E-state index in [1.165, 1.54) is 0 Å². The molecule has 0 saturated carbocycles. The van der Waals surface area contributed by atoms with Gasteiger partial charge < -0.3 is 14.9 Å². The molecule has 0 amide bonds. The monoisotopic (exact) mass is 337 g/mol. The number of sulfonamides is 1. The van der Waals surface area contributed by atoms with E-state index in [9.17, 15) is 40.5 Å². The highest BCUT2D eigenvalue weighted by molar-refractivity contribution is 7.89. The van der Waals surface area contributed by atoms with Gasteiger partial charge in [0.15, 0.2) is 10.6 Å². The Bertz CT molecular complexity index is 674. The molecule has 1 rings (SSSR count). The number of pyridine rings is 1. The molecule has 0 saturated heterocycles. The molecular weight excluding hydrogens is 333 g/mol. The standard InChI is InChI=1S/C7H4F5N3O5S/c8-5(9)4-2(20-7(10,11)12)1-3(21(13,18)19)6(14-4)15(16)17/h1,5H,(H2,13,18,19). The largest absolute Gasteiger partial charge is 0.573 e. The van der Waals surface area contributed by atoms with Gasteiger partial charge in [-0.15, -0.1) is 13.2 Å². The molecule has 1 aromatic heterocycles. The van der Waals surface area contributed by atoms with Gasteiger partial charge in [-0.25, -0.2) is 22.3 Å². The molecule has 0 aromatic carbocycles. The molecule has 2 N–H and O–H groups in total. The summed E-state index contributed by atoms with van der Waals surface area (Å²) in [7, 11) is -4.90. The van der Waals surface area contributed by atoms with Crippen molar-refractivity contribution < 1.29 is 40.0 Å². The van der Waals surface area contributed by atoms with Crippen molar-refractivity contribution in [3.8, 4) is 5.75 Å². The molecular formula is C7H4F5N3O5S. The molecule has 0 aliphatic heterocycles. The molecule has 1 heterocycles. The number of nitrogens with zero attached hydrogens (tertiary/aromatic N) is 2. The fourth-order valence-corrected chi connectivity index (χ4v) is 1.83. The molecule has 21 heavy (non-hydrogen) atoms. The number of nitrogens with two attached hydrogens (primary N) is 1. The molecule has 0 radical (unpaired) electrons. The van der Waals surface area contributed by atoms with Gasteiger partial charge in [0, 0.05) is 6.07 Å². The first-order valence-electron chi connectivity index (χ1n) is 4.59. The Kier molecular flexibility index (Phi) is 4.33. The molecule has 14 heteroatoms. The lowest BCUT2D eigenvalue weighted by Crippen LogP contribution is -2.21. The molecule has 0 atom stereocenters. The van der Waals surface area contributed by atoms with Crippen LogP contribution >= 0.6 is 0 Å². The third-order valence-electron chi connectivity index (χ3n) is 1.87. The highest BCUT2D eigenvalue weighted by atomic mass is 32.2. The van der Waals surface area contributed by atoms with E-state index < -0.39 is 49.9 Å². The summed E-state index contributed by atoms with van der Waals surface area (Å²) in [5, 5.41) is 15.1. The lowest BCUT2D eigenvalue weighted by molar-refractivity contribution is -0.393. The van der Waals surface area contributed by atoms with Gasteiger partial charge in [0.05, 0.1) is 0 Å². The van der Waals surface area contributed by atoms with Crippen molar-refractivity contribution in [1.29, 1.82) is 0 Å². The van der Waals surface area contributed by atoms with E-state index in [1.807, 2.05) is 0 Å². The van der Waals surface area contributed by atoms with Crippen LogP contribution in [0, 0.1) is 10.1 Å². The highest BCUT2D eigenvalue weighted by Crippen LogP contribution is 2.36. The fourth-order valence-electron chi connectivity index (χ4n) is 1.18. The van der Waals surface area contributed by atoms with Crippen molar-refractivity contribution in [3.05, 3.63) is 21.9 Å². The quantitative estimate of drug-likeness (QED) is 0.504. The minimum Gasteiger partial charge on any atom is -0.401 e. The topological polar surface area (TPSA) is 125 Å². The fraction of sp³-hybridized carbons (Fsp3) is 0.286. The number of ether oxygens (including phenoxy) is 1. The van der Waals surface area contributed by atoms with Gasteiger partial charge in [-0.05, 0) is 9.91 Å². The number of primary sulfonamides is 1. The van der Waals surface area contributed by atoms with Crippen LogP contribution in [0.4, 0.5) is 27.8 Å². The van der Waals surface area contributed by atoms with Crippen molar-refractivity contribution in [2.45, 2.75) is 17.7 Å². The van der Waals surface area contributed by atoms with Crippen LogP contribution in [0.5, 0.6) is 5.75 Å². The van der Waals surface area contributed by atoms with E-state index in [4.69, 9.17) is 0 Å². The summed E-state index contributed by atoms with van der Waals surface area (Å²) in [6.07, 6.45) is -9.13. The van der Waals surface area contributed by atoms with E-state index in [0.717, 1.165) is 0 Å². The maximum atomic E-state index is 12.6. The Morgan fingerprint density at radius 3 is 2.24 bits per heavy atom. The first-order valence-corrected chi connectivity index (χ1v) is 6.13. The maximum Gasteiger partial charge on any atom is 0.573 e. The van der Waals surface area contributed by atoms with Gasteiger partial charge in [0.2, 0.25) is 10.0 Å². The zero-order valence-electron chi connectivity index (χ0n) is 9.47. The summed E-state index contributed by atoms with van der Waals surface area (Å²) in [5.41, 5.74) is -1.74. The van der Waals surface area contributed by atoms with Crippen molar-refractivity contribution >= 4 is 15.8 Å². The van der Waals surface area contributed by atoms with Gasteiger partial charge in [-0.1, -0.05) is 0 Å². The summed E-state index contributed by atoms with van der Waals surface area (Å²) in [6.45, 7) is 0. The van der Waals surface area contributed by atoms with Gasteiger partial charge in [0.1, 0.15) is 0 Å². The molecule has 0 fully saturated rings. The molecule has 8 nitrogen and oxygen atoms in total.